The Kier molecular flexibility index (Phi) is 6.89. The molecule has 0 aliphatic carbocycles. The second kappa shape index (κ2) is 10.4. The molecule has 1 aromatic carbocycles. The number of rotatable bonds is 6. The Bertz CT molecular complexity index is 1150. The third-order valence-corrected chi connectivity index (χ3v) is 7.04. The Balaban J connectivity index is 1.38. The molecule has 9 nitrogen and oxygen atoms in total. The maximum atomic E-state index is 12.6. The highest BCUT2D eigenvalue weighted by Gasteiger charge is 2.20. The van der Waals surface area contributed by atoms with Gasteiger partial charge in [0.2, 0.25) is 5.95 Å². The predicted molar refractivity (Wildman–Crippen MR) is 135 cm³/mol. The van der Waals surface area contributed by atoms with Crippen molar-refractivity contribution in [2.24, 2.45) is 5.92 Å². The van der Waals surface area contributed by atoms with Crippen molar-refractivity contribution in [1.82, 2.24) is 20.2 Å². The average molecular weight is 464 g/mol. The topological polar surface area (TPSA) is 110 Å². The average Bonchev–Trinajstić information content (AvgIpc) is 3.15. The smallest absolute Gasteiger partial charge is 0.277 e. The number of aliphatic hydroxyl groups is 1. The molecule has 0 amide bonds. The fourth-order valence-electron chi connectivity index (χ4n) is 5.05. The summed E-state index contributed by atoms with van der Waals surface area (Å²) in [5.41, 5.74) is 2.30. The van der Waals surface area contributed by atoms with Crippen LogP contribution in [0.2, 0.25) is 0 Å². The van der Waals surface area contributed by atoms with E-state index >= 15 is 0 Å². The first-order valence-corrected chi connectivity index (χ1v) is 12.4. The first-order valence-electron chi connectivity index (χ1n) is 12.4. The number of aliphatic hydroxyl groups excluding tert-OH is 1. The molecular weight excluding hydrogens is 430 g/mol. The SMILES string of the molecule is O=c1[nH]ncc2nc(N3CCCCCC3)nc(Nc3ccc(N4CCC(CCO)CC4)cc3)c12. The molecular formula is C25H33N7O2. The van der Waals surface area contributed by atoms with Crippen molar-refractivity contribution in [1.29, 1.82) is 0 Å². The van der Waals surface area contributed by atoms with E-state index in [4.69, 9.17) is 4.98 Å². The van der Waals surface area contributed by atoms with Gasteiger partial charge in [-0.05, 0) is 62.3 Å². The van der Waals surface area contributed by atoms with E-state index in [1.165, 1.54) is 18.5 Å². The molecule has 0 spiro atoms. The fraction of sp³-hybridized carbons (Fsp3) is 0.520. The molecule has 0 atom stereocenters. The number of nitrogens with one attached hydrogen (secondary N) is 2. The van der Waals surface area contributed by atoms with Crippen LogP contribution in [0.15, 0.2) is 35.3 Å². The summed E-state index contributed by atoms with van der Waals surface area (Å²) in [6, 6.07) is 8.29. The van der Waals surface area contributed by atoms with E-state index in [-0.39, 0.29) is 12.2 Å². The Morgan fingerprint density at radius 1 is 0.971 bits per heavy atom. The summed E-state index contributed by atoms with van der Waals surface area (Å²) in [4.78, 5) is 26.7. The zero-order chi connectivity index (χ0) is 23.3. The second-order valence-electron chi connectivity index (χ2n) is 9.35. The van der Waals surface area contributed by atoms with Crippen LogP contribution < -0.4 is 20.7 Å². The van der Waals surface area contributed by atoms with Gasteiger partial charge in [-0.15, -0.1) is 0 Å². The number of anilines is 4. The lowest BCUT2D eigenvalue weighted by Crippen LogP contribution is -2.33. The van der Waals surface area contributed by atoms with Gasteiger partial charge in [0.15, 0.2) is 0 Å². The van der Waals surface area contributed by atoms with Crippen LogP contribution in [0.25, 0.3) is 10.9 Å². The maximum absolute atomic E-state index is 12.6. The molecule has 5 rings (SSSR count). The van der Waals surface area contributed by atoms with Gasteiger partial charge in [-0.1, -0.05) is 12.8 Å². The molecule has 4 heterocycles. The highest BCUT2D eigenvalue weighted by molar-refractivity contribution is 5.90. The number of hydrogen-bond acceptors (Lipinski definition) is 8. The third-order valence-electron chi connectivity index (χ3n) is 7.04. The summed E-state index contributed by atoms with van der Waals surface area (Å²) in [7, 11) is 0. The lowest BCUT2D eigenvalue weighted by Gasteiger charge is -2.33. The minimum atomic E-state index is -0.301. The van der Waals surface area contributed by atoms with Crippen molar-refractivity contribution in [2.75, 3.05) is 47.9 Å². The number of piperidine rings is 1. The standard InChI is InChI=1S/C25H33N7O2/c33-16-11-18-9-14-31(15-10-18)20-7-5-19(6-8-20)27-23-22-21(17-26-30-24(22)34)28-25(29-23)32-12-3-1-2-4-13-32/h5-8,17-18,33H,1-4,9-16H2,(H,30,34)(H,27,28,29). The predicted octanol–water partition coefficient (Wildman–Crippen LogP) is 3.44. The summed E-state index contributed by atoms with van der Waals surface area (Å²) in [6.45, 7) is 4.14. The van der Waals surface area contributed by atoms with Gasteiger partial charge in [0.1, 0.15) is 16.7 Å². The second-order valence-corrected chi connectivity index (χ2v) is 9.35. The van der Waals surface area contributed by atoms with Crippen molar-refractivity contribution in [3.05, 3.63) is 40.8 Å². The molecule has 2 saturated heterocycles. The number of fused-ring (bicyclic) bond motifs is 1. The highest BCUT2D eigenvalue weighted by atomic mass is 16.3. The van der Waals surface area contributed by atoms with E-state index in [1.54, 1.807) is 6.20 Å². The minimum Gasteiger partial charge on any atom is -0.396 e. The van der Waals surface area contributed by atoms with E-state index in [0.717, 1.165) is 64.0 Å². The Morgan fingerprint density at radius 3 is 2.41 bits per heavy atom. The molecule has 3 N–H and O–H groups in total. The van der Waals surface area contributed by atoms with Crippen LogP contribution in [0, 0.1) is 5.92 Å². The van der Waals surface area contributed by atoms with Crippen LogP contribution in [0.4, 0.5) is 23.1 Å². The first kappa shape index (κ1) is 22.6. The molecule has 2 aliphatic rings. The molecule has 2 aromatic heterocycles. The quantitative estimate of drug-likeness (QED) is 0.510. The molecule has 0 saturated carbocycles. The normalized spacial score (nSPS) is 17.7. The molecule has 2 fully saturated rings. The molecule has 0 radical (unpaired) electrons. The lowest BCUT2D eigenvalue weighted by molar-refractivity contribution is 0.240. The summed E-state index contributed by atoms with van der Waals surface area (Å²) in [5, 5.41) is 19.4. The van der Waals surface area contributed by atoms with E-state index in [9.17, 15) is 9.90 Å². The fourth-order valence-corrected chi connectivity index (χ4v) is 5.05. The van der Waals surface area contributed by atoms with E-state index in [1.807, 2.05) is 12.1 Å². The molecule has 34 heavy (non-hydrogen) atoms. The zero-order valence-corrected chi connectivity index (χ0v) is 19.5. The van der Waals surface area contributed by atoms with Crippen molar-refractivity contribution < 1.29 is 5.11 Å². The Hall–Kier alpha value is -3.20. The molecule has 9 heteroatoms. The number of hydrogen-bond donors (Lipinski definition) is 3. The van der Waals surface area contributed by atoms with E-state index in [2.05, 4.69) is 42.4 Å². The third kappa shape index (κ3) is 4.99. The van der Waals surface area contributed by atoms with Gasteiger partial charge in [0.05, 0.1) is 6.20 Å². The minimum absolute atomic E-state index is 0.279. The summed E-state index contributed by atoms with van der Waals surface area (Å²) < 4.78 is 0. The van der Waals surface area contributed by atoms with Gasteiger partial charge >= 0.3 is 0 Å². The first-order chi connectivity index (χ1) is 16.7. The van der Waals surface area contributed by atoms with Crippen molar-refractivity contribution in [3.8, 4) is 0 Å². The number of nitrogens with zero attached hydrogens (tertiary/aromatic N) is 5. The van der Waals surface area contributed by atoms with Gasteiger partial charge in [0, 0.05) is 44.2 Å². The van der Waals surface area contributed by atoms with Crippen molar-refractivity contribution in [2.45, 2.75) is 44.9 Å². The summed E-state index contributed by atoms with van der Waals surface area (Å²) in [5.74, 6) is 1.77. The van der Waals surface area contributed by atoms with Gasteiger partial charge in [-0.2, -0.15) is 10.1 Å². The van der Waals surface area contributed by atoms with Crippen LogP contribution in [0.3, 0.4) is 0 Å². The van der Waals surface area contributed by atoms with E-state index < -0.39 is 0 Å². The Labute approximate surface area is 199 Å². The Morgan fingerprint density at radius 2 is 1.71 bits per heavy atom. The molecule has 2 aliphatic heterocycles. The number of benzene rings is 1. The van der Waals surface area contributed by atoms with Gasteiger partial charge in [-0.3, -0.25) is 4.79 Å². The van der Waals surface area contributed by atoms with Crippen LogP contribution in [-0.4, -0.2) is 58.1 Å². The number of aromatic amines is 1. The monoisotopic (exact) mass is 463 g/mol. The lowest BCUT2D eigenvalue weighted by atomic mass is 9.93. The molecule has 180 valence electrons. The van der Waals surface area contributed by atoms with Crippen molar-refractivity contribution in [3.63, 3.8) is 0 Å². The highest BCUT2D eigenvalue weighted by Crippen LogP contribution is 2.28. The molecule has 3 aromatic rings. The number of H-pyrrole nitrogens is 1. The summed E-state index contributed by atoms with van der Waals surface area (Å²) in [6.07, 6.45) is 9.41. The number of aromatic nitrogens is 4. The maximum Gasteiger partial charge on any atom is 0.277 e. The van der Waals surface area contributed by atoms with E-state index in [0.29, 0.717) is 28.6 Å². The van der Waals surface area contributed by atoms with Crippen LogP contribution in [0.5, 0.6) is 0 Å². The van der Waals surface area contributed by atoms with Crippen LogP contribution in [0.1, 0.15) is 44.9 Å². The van der Waals surface area contributed by atoms with Gasteiger partial charge < -0.3 is 20.2 Å². The summed E-state index contributed by atoms with van der Waals surface area (Å²) >= 11 is 0. The largest absolute Gasteiger partial charge is 0.396 e. The molecule has 0 bridgehead atoms. The van der Waals surface area contributed by atoms with Gasteiger partial charge in [0.25, 0.3) is 5.56 Å². The van der Waals surface area contributed by atoms with Crippen molar-refractivity contribution >= 4 is 34.0 Å². The van der Waals surface area contributed by atoms with Crippen LogP contribution >= 0.6 is 0 Å². The van der Waals surface area contributed by atoms with Gasteiger partial charge in [-0.25, -0.2) is 10.1 Å². The molecule has 0 unspecified atom stereocenters. The van der Waals surface area contributed by atoms with Crippen LogP contribution in [-0.2, 0) is 0 Å². The zero-order valence-electron chi connectivity index (χ0n) is 19.5.